The molecule has 0 radical (unpaired) electrons. The molecule has 152 valence electrons. The molecule has 3 heteroatoms. The monoisotopic (exact) mass is 374 g/mol. The topological polar surface area (TPSA) is 46.5 Å². The molecule has 0 heterocycles. The average Bonchev–Trinajstić information content (AvgIpc) is 2.66. The Morgan fingerprint density at radius 1 is 0.815 bits per heavy atom. The summed E-state index contributed by atoms with van der Waals surface area (Å²) in [6, 6.07) is 0. The molecule has 0 aromatic rings. The minimum Gasteiger partial charge on any atom is -0.481 e. The van der Waals surface area contributed by atoms with Crippen LogP contribution in [0.25, 0.3) is 0 Å². The number of hydrogen-bond donors (Lipinski definition) is 1. The fraction of sp³-hybridized carbons (Fsp3) is 0.542. The van der Waals surface area contributed by atoms with Crippen LogP contribution in [0.5, 0.6) is 0 Å². The van der Waals surface area contributed by atoms with Crippen LogP contribution in [0, 0.1) is 0 Å². The molecule has 0 bridgehead atoms. The van der Waals surface area contributed by atoms with Gasteiger partial charge in [-0.05, 0) is 57.8 Å². The molecule has 1 unspecified atom stereocenters. The van der Waals surface area contributed by atoms with Crippen molar-refractivity contribution < 1.29 is 14.6 Å². The Hall–Kier alpha value is -1.87. The van der Waals surface area contributed by atoms with Crippen molar-refractivity contribution >= 4 is 5.97 Å². The van der Waals surface area contributed by atoms with E-state index in [9.17, 15) is 4.79 Å². The van der Waals surface area contributed by atoms with Gasteiger partial charge in [0, 0.05) is 13.5 Å². The van der Waals surface area contributed by atoms with Gasteiger partial charge >= 0.3 is 5.97 Å². The highest BCUT2D eigenvalue weighted by Gasteiger charge is 2.08. The van der Waals surface area contributed by atoms with E-state index in [0.29, 0.717) is 6.42 Å². The Bertz CT molecular complexity index is 484. The van der Waals surface area contributed by atoms with Crippen LogP contribution in [0.15, 0.2) is 60.8 Å². The third kappa shape index (κ3) is 20.3. The summed E-state index contributed by atoms with van der Waals surface area (Å²) in [4.78, 5) is 10.6. The lowest BCUT2D eigenvalue weighted by atomic mass is 10.1. The lowest BCUT2D eigenvalue weighted by Crippen LogP contribution is -2.12. The number of unbranched alkanes of at least 4 members (excludes halogenated alkanes) is 1. The lowest BCUT2D eigenvalue weighted by molar-refractivity contribution is -0.137. The van der Waals surface area contributed by atoms with E-state index in [1.165, 1.54) is 0 Å². The molecular weight excluding hydrogens is 336 g/mol. The number of carboxylic acid groups (broad SMARTS) is 1. The molecule has 0 amide bonds. The van der Waals surface area contributed by atoms with Crippen LogP contribution in [-0.2, 0) is 9.53 Å². The fourth-order valence-corrected chi connectivity index (χ4v) is 2.50. The Labute approximate surface area is 166 Å². The van der Waals surface area contributed by atoms with Crippen LogP contribution in [-0.4, -0.2) is 24.3 Å². The quantitative estimate of drug-likeness (QED) is 0.225. The summed E-state index contributed by atoms with van der Waals surface area (Å²) in [5.74, 6) is -0.755. The number of hydrogen-bond acceptors (Lipinski definition) is 2. The van der Waals surface area contributed by atoms with E-state index in [1.54, 1.807) is 7.11 Å². The molecule has 0 aromatic heterocycles. The third-order valence-electron chi connectivity index (χ3n) is 4.07. The smallest absolute Gasteiger partial charge is 0.303 e. The summed E-state index contributed by atoms with van der Waals surface area (Å²) in [7, 11) is 1.66. The van der Waals surface area contributed by atoms with Crippen molar-refractivity contribution in [1.29, 1.82) is 0 Å². The zero-order valence-electron chi connectivity index (χ0n) is 17.2. The third-order valence-corrected chi connectivity index (χ3v) is 4.07. The summed E-state index contributed by atoms with van der Waals surface area (Å²) in [6.07, 6.45) is 30.9. The molecule has 1 N–H and O–H groups in total. The molecule has 0 aliphatic carbocycles. The highest BCUT2D eigenvalue weighted by molar-refractivity contribution is 5.66. The molecule has 0 rings (SSSR count). The van der Waals surface area contributed by atoms with Crippen LogP contribution in [0.1, 0.15) is 71.1 Å². The fourth-order valence-electron chi connectivity index (χ4n) is 2.50. The predicted octanol–water partition coefficient (Wildman–Crippen LogP) is 6.79. The maximum atomic E-state index is 10.6. The van der Waals surface area contributed by atoms with Gasteiger partial charge in [0.25, 0.3) is 0 Å². The predicted molar refractivity (Wildman–Crippen MR) is 116 cm³/mol. The second kappa shape index (κ2) is 20.4. The minimum atomic E-state index is -0.755. The van der Waals surface area contributed by atoms with Crippen molar-refractivity contribution in [2.45, 2.75) is 77.2 Å². The van der Waals surface area contributed by atoms with Gasteiger partial charge in [0.15, 0.2) is 0 Å². The summed E-state index contributed by atoms with van der Waals surface area (Å²) in [5.41, 5.74) is 0. The first kappa shape index (κ1) is 25.1. The average molecular weight is 375 g/mol. The highest BCUT2D eigenvalue weighted by Crippen LogP contribution is 2.11. The second-order valence-corrected chi connectivity index (χ2v) is 6.43. The van der Waals surface area contributed by atoms with Crippen molar-refractivity contribution in [3.8, 4) is 0 Å². The van der Waals surface area contributed by atoms with Crippen molar-refractivity contribution in [2.75, 3.05) is 7.11 Å². The highest BCUT2D eigenvalue weighted by atomic mass is 16.5. The Kier molecular flexibility index (Phi) is 19.0. The molecule has 0 saturated carbocycles. The Morgan fingerprint density at radius 3 is 1.74 bits per heavy atom. The molecule has 0 aliphatic rings. The van der Waals surface area contributed by atoms with Crippen LogP contribution >= 0.6 is 0 Å². The number of allylic oxidation sites excluding steroid dienone is 10. The number of carbonyl (C=O) groups is 1. The number of ether oxygens (including phenoxy) is 1. The van der Waals surface area contributed by atoms with E-state index in [0.717, 1.165) is 51.4 Å². The van der Waals surface area contributed by atoms with Crippen LogP contribution < -0.4 is 0 Å². The maximum Gasteiger partial charge on any atom is 0.303 e. The van der Waals surface area contributed by atoms with E-state index in [-0.39, 0.29) is 12.5 Å². The molecule has 0 fully saturated rings. The normalized spacial score (nSPS) is 13.9. The van der Waals surface area contributed by atoms with Crippen molar-refractivity contribution in [3.05, 3.63) is 60.8 Å². The van der Waals surface area contributed by atoms with Gasteiger partial charge in [0.2, 0.25) is 0 Å². The molecule has 0 spiro atoms. The maximum absolute atomic E-state index is 10.6. The molecule has 0 aliphatic heterocycles. The standard InChI is InChI=1S/C24H38O3/c1-3-4-5-6-7-8-9-10-11-12-13-14-15-16-17-18-19-20-23(27-2)21-22-24(25)26/h4-5,7-8,10-11,13-14,16-17,23H,3,6,9,12,15,18-22H2,1-2H3,(H,25,26)/b5-4-,8-7-,11-10-,14-13-,17-16-. The number of methoxy groups -OCH3 is 1. The minimum absolute atomic E-state index is 0.0591. The Morgan fingerprint density at radius 2 is 1.30 bits per heavy atom. The molecular formula is C24H38O3. The molecule has 3 nitrogen and oxygen atoms in total. The van der Waals surface area contributed by atoms with Gasteiger partial charge in [-0.25, -0.2) is 0 Å². The van der Waals surface area contributed by atoms with E-state index in [2.05, 4.69) is 67.7 Å². The van der Waals surface area contributed by atoms with Gasteiger partial charge in [-0.2, -0.15) is 0 Å². The van der Waals surface area contributed by atoms with Gasteiger partial charge in [-0.3, -0.25) is 4.79 Å². The molecule has 0 aromatic carbocycles. The van der Waals surface area contributed by atoms with Gasteiger partial charge in [-0.15, -0.1) is 0 Å². The molecule has 0 saturated heterocycles. The largest absolute Gasteiger partial charge is 0.481 e. The van der Waals surface area contributed by atoms with Gasteiger partial charge in [0.1, 0.15) is 0 Å². The summed E-state index contributed by atoms with van der Waals surface area (Å²) in [6.45, 7) is 2.15. The first-order valence-electron chi connectivity index (χ1n) is 10.2. The number of rotatable bonds is 17. The van der Waals surface area contributed by atoms with E-state index in [1.807, 2.05) is 0 Å². The van der Waals surface area contributed by atoms with Crippen LogP contribution in [0.4, 0.5) is 0 Å². The van der Waals surface area contributed by atoms with Gasteiger partial charge < -0.3 is 9.84 Å². The zero-order valence-corrected chi connectivity index (χ0v) is 17.2. The molecule has 1 atom stereocenters. The van der Waals surface area contributed by atoms with Crippen molar-refractivity contribution in [1.82, 2.24) is 0 Å². The van der Waals surface area contributed by atoms with E-state index >= 15 is 0 Å². The van der Waals surface area contributed by atoms with Crippen LogP contribution in [0.3, 0.4) is 0 Å². The van der Waals surface area contributed by atoms with Gasteiger partial charge in [0.05, 0.1) is 6.10 Å². The van der Waals surface area contributed by atoms with Crippen molar-refractivity contribution in [2.24, 2.45) is 0 Å². The summed E-state index contributed by atoms with van der Waals surface area (Å²) >= 11 is 0. The van der Waals surface area contributed by atoms with E-state index in [4.69, 9.17) is 9.84 Å². The molecule has 27 heavy (non-hydrogen) atoms. The second-order valence-electron chi connectivity index (χ2n) is 6.43. The first-order valence-corrected chi connectivity index (χ1v) is 10.2. The van der Waals surface area contributed by atoms with Gasteiger partial charge in [-0.1, -0.05) is 67.7 Å². The summed E-state index contributed by atoms with van der Waals surface area (Å²) < 4.78 is 5.32. The first-order chi connectivity index (χ1) is 13.2. The summed E-state index contributed by atoms with van der Waals surface area (Å²) in [5, 5.41) is 8.70. The Balaban J connectivity index is 3.60. The van der Waals surface area contributed by atoms with Crippen LogP contribution in [0.2, 0.25) is 0 Å². The lowest BCUT2D eigenvalue weighted by Gasteiger charge is -2.13. The number of aliphatic carboxylic acids is 1. The SMILES string of the molecule is CC/C=C\C/C=C\C/C=C\C/C=C\C/C=C\CCCC(CCC(=O)O)OC. The van der Waals surface area contributed by atoms with Crippen molar-refractivity contribution in [3.63, 3.8) is 0 Å². The zero-order chi connectivity index (χ0) is 20.0. The van der Waals surface area contributed by atoms with E-state index < -0.39 is 5.97 Å². The number of carboxylic acids is 1.